The minimum absolute atomic E-state index is 0.138. The highest BCUT2D eigenvalue weighted by atomic mass is 35.5. The Kier molecular flexibility index (Phi) is 8.61. The van der Waals surface area contributed by atoms with Crippen LogP contribution in [0.3, 0.4) is 0 Å². The molecule has 0 aliphatic carbocycles. The van der Waals surface area contributed by atoms with E-state index in [9.17, 15) is 14.0 Å². The monoisotopic (exact) mass is 408 g/mol. The number of nitrogens with one attached hydrogen (secondary N) is 2. The van der Waals surface area contributed by atoms with Gasteiger partial charge in [-0.15, -0.1) is 0 Å². The molecule has 0 saturated carbocycles. The molecule has 2 aromatic carbocycles. The van der Waals surface area contributed by atoms with E-state index in [-0.39, 0.29) is 24.1 Å². The second kappa shape index (κ2) is 10.9. The van der Waals surface area contributed by atoms with E-state index in [2.05, 4.69) is 10.6 Å². The topological polar surface area (TPSA) is 58.2 Å². The standard InChI is InChI=1S/C20H22ClFN2O2S/c1-14(25)24-19(15-6-8-17(21)9-7-15)12-20(26)23-10-11-27-13-16-4-2-3-5-18(16)22/h2-9,19H,10-13H2,1H3,(H,23,26)(H,24,25). The van der Waals surface area contributed by atoms with E-state index in [1.807, 2.05) is 0 Å². The van der Waals surface area contributed by atoms with Gasteiger partial charge in [-0.25, -0.2) is 4.39 Å². The van der Waals surface area contributed by atoms with Gasteiger partial charge in [-0.1, -0.05) is 41.9 Å². The van der Waals surface area contributed by atoms with Crippen LogP contribution in [0, 0.1) is 5.82 Å². The Morgan fingerprint density at radius 1 is 1.15 bits per heavy atom. The molecule has 2 N–H and O–H groups in total. The van der Waals surface area contributed by atoms with Crippen molar-refractivity contribution in [2.24, 2.45) is 0 Å². The number of rotatable bonds is 9. The molecule has 0 saturated heterocycles. The number of benzene rings is 2. The Bertz CT molecular complexity index is 771. The molecule has 27 heavy (non-hydrogen) atoms. The van der Waals surface area contributed by atoms with Gasteiger partial charge in [-0.3, -0.25) is 9.59 Å². The summed E-state index contributed by atoms with van der Waals surface area (Å²) in [5, 5.41) is 6.22. The Morgan fingerprint density at radius 2 is 1.85 bits per heavy atom. The summed E-state index contributed by atoms with van der Waals surface area (Å²) < 4.78 is 13.5. The molecule has 0 radical (unpaired) electrons. The van der Waals surface area contributed by atoms with Crippen LogP contribution in [0.1, 0.15) is 30.5 Å². The predicted octanol–water partition coefficient (Wildman–Crippen LogP) is 4.10. The lowest BCUT2D eigenvalue weighted by Crippen LogP contribution is -2.33. The molecular weight excluding hydrogens is 387 g/mol. The first-order chi connectivity index (χ1) is 13.0. The van der Waals surface area contributed by atoms with E-state index in [1.54, 1.807) is 54.2 Å². The van der Waals surface area contributed by atoms with Crippen molar-refractivity contribution in [1.82, 2.24) is 10.6 Å². The molecule has 1 unspecified atom stereocenters. The average molecular weight is 409 g/mol. The molecule has 0 fully saturated rings. The van der Waals surface area contributed by atoms with E-state index in [0.717, 1.165) is 5.56 Å². The molecule has 0 heterocycles. The molecule has 0 spiro atoms. The molecule has 2 aromatic rings. The molecule has 2 rings (SSSR count). The molecule has 0 aliphatic heterocycles. The van der Waals surface area contributed by atoms with Crippen molar-refractivity contribution in [3.05, 3.63) is 70.5 Å². The van der Waals surface area contributed by atoms with Crippen molar-refractivity contribution in [3.63, 3.8) is 0 Å². The smallest absolute Gasteiger partial charge is 0.222 e. The van der Waals surface area contributed by atoms with Crippen molar-refractivity contribution in [3.8, 4) is 0 Å². The zero-order valence-corrected chi connectivity index (χ0v) is 16.6. The fourth-order valence-electron chi connectivity index (χ4n) is 2.51. The Morgan fingerprint density at radius 3 is 2.52 bits per heavy atom. The van der Waals surface area contributed by atoms with Crippen LogP contribution in [-0.4, -0.2) is 24.1 Å². The second-order valence-corrected chi connectivity index (χ2v) is 7.54. The van der Waals surface area contributed by atoms with E-state index >= 15 is 0 Å². The van der Waals surface area contributed by atoms with E-state index in [0.29, 0.717) is 28.6 Å². The lowest BCUT2D eigenvalue weighted by atomic mass is 10.0. The van der Waals surface area contributed by atoms with E-state index < -0.39 is 6.04 Å². The second-order valence-electron chi connectivity index (χ2n) is 6.00. The largest absolute Gasteiger partial charge is 0.355 e. The van der Waals surface area contributed by atoms with Crippen LogP contribution in [0.5, 0.6) is 0 Å². The molecule has 0 bridgehead atoms. The van der Waals surface area contributed by atoms with Crippen LogP contribution in [0.2, 0.25) is 5.02 Å². The number of hydrogen-bond donors (Lipinski definition) is 2. The van der Waals surface area contributed by atoms with Gasteiger partial charge in [0.25, 0.3) is 0 Å². The van der Waals surface area contributed by atoms with Crippen LogP contribution in [-0.2, 0) is 15.3 Å². The SMILES string of the molecule is CC(=O)NC(CC(=O)NCCSCc1ccccc1F)c1ccc(Cl)cc1. The van der Waals surface area contributed by atoms with Crippen molar-refractivity contribution in [1.29, 1.82) is 0 Å². The molecular formula is C20H22ClFN2O2S. The van der Waals surface area contributed by atoms with Crippen LogP contribution < -0.4 is 10.6 Å². The van der Waals surface area contributed by atoms with Gasteiger partial charge < -0.3 is 10.6 Å². The van der Waals surface area contributed by atoms with Crippen LogP contribution >= 0.6 is 23.4 Å². The number of carbonyl (C=O) groups excluding carboxylic acids is 2. The van der Waals surface area contributed by atoms with Gasteiger partial charge >= 0.3 is 0 Å². The number of halogens is 2. The summed E-state index contributed by atoms with van der Waals surface area (Å²) in [5.74, 6) is 0.654. The predicted molar refractivity (Wildman–Crippen MR) is 108 cm³/mol. The maximum atomic E-state index is 13.5. The zero-order valence-electron chi connectivity index (χ0n) is 15.0. The maximum Gasteiger partial charge on any atom is 0.222 e. The van der Waals surface area contributed by atoms with Gasteiger partial charge in [0.1, 0.15) is 5.82 Å². The summed E-state index contributed by atoms with van der Waals surface area (Å²) in [6.07, 6.45) is 0.138. The van der Waals surface area contributed by atoms with Crippen molar-refractivity contribution < 1.29 is 14.0 Å². The highest BCUT2D eigenvalue weighted by Gasteiger charge is 2.17. The lowest BCUT2D eigenvalue weighted by molar-refractivity contribution is -0.122. The van der Waals surface area contributed by atoms with Gasteiger partial charge in [0, 0.05) is 30.0 Å². The minimum Gasteiger partial charge on any atom is -0.355 e. The number of hydrogen-bond acceptors (Lipinski definition) is 3. The van der Waals surface area contributed by atoms with Gasteiger partial charge in [-0.2, -0.15) is 11.8 Å². The Labute approximate surface area is 167 Å². The fourth-order valence-corrected chi connectivity index (χ4v) is 3.48. The van der Waals surface area contributed by atoms with Crippen molar-refractivity contribution in [2.75, 3.05) is 12.3 Å². The van der Waals surface area contributed by atoms with Gasteiger partial charge in [-0.05, 0) is 29.3 Å². The van der Waals surface area contributed by atoms with E-state index in [1.165, 1.54) is 13.0 Å². The van der Waals surface area contributed by atoms with Crippen LogP contribution in [0.4, 0.5) is 4.39 Å². The molecule has 4 nitrogen and oxygen atoms in total. The summed E-state index contributed by atoms with van der Waals surface area (Å²) in [7, 11) is 0. The average Bonchev–Trinajstić information content (AvgIpc) is 2.62. The molecule has 144 valence electrons. The lowest BCUT2D eigenvalue weighted by Gasteiger charge is -2.18. The molecule has 0 aliphatic rings. The first-order valence-electron chi connectivity index (χ1n) is 8.56. The minimum atomic E-state index is -0.411. The summed E-state index contributed by atoms with van der Waals surface area (Å²) in [6, 6.07) is 13.3. The van der Waals surface area contributed by atoms with E-state index in [4.69, 9.17) is 11.6 Å². The van der Waals surface area contributed by atoms with Crippen molar-refractivity contribution in [2.45, 2.75) is 25.1 Å². The number of thioether (sulfide) groups is 1. The van der Waals surface area contributed by atoms with Gasteiger partial charge in [0.15, 0.2) is 0 Å². The summed E-state index contributed by atoms with van der Waals surface area (Å²) >= 11 is 7.44. The highest BCUT2D eigenvalue weighted by molar-refractivity contribution is 7.98. The third-order valence-electron chi connectivity index (χ3n) is 3.82. The van der Waals surface area contributed by atoms with Gasteiger partial charge in [0.05, 0.1) is 12.5 Å². The fraction of sp³-hybridized carbons (Fsp3) is 0.300. The molecule has 1 atom stereocenters. The highest BCUT2D eigenvalue weighted by Crippen LogP contribution is 2.19. The van der Waals surface area contributed by atoms with Crippen LogP contribution in [0.25, 0.3) is 0 Å². The third kappa shape index (κ3) is 7.61. The normalized spacial score (nSPS) is 11.7. The maximum absolute atomic E-state index is 13.5. The number of carbonyl (C=O) groups is 2. The van der Waals surface area contributed by atoms with Crippen LogP contribution in [0.15, 0.2) is 48.5 Å². The zero-order chi connectivity index (χ0) is 19.6. The summed E-state index contributed by atoms with van der Waals surface area (Å²) in [6.45, 7) is 1.89. The molecule has 7 heteroatoms. The summed E-state index contributed by atoms with van der Waals surface area (Å²) in [5.41, 5.74) is 1.47. The summed E-state index contributed by atoms with van der Waals surface area (Å²) in [4.78, 5) is 23.6. The van der Waals surface area contributed by atoms with Crippen molar-refractivity contribution >= 4 is 35.2 Å². The molecule has 0 aromatic heterocycles. The first-order valence-corrected chi connectivity index (χ1v) is 10.1. The Hall–Kier alpha value is -2.05. The third-order valence-corrected chi connectivity index (χ3v) is 5.08. The Balaban J connectivity index is 1.77. The number of amides is 2. The quantitative estimate of drug-likeness (QED) is 0.614. The van der Waals surface area contributed by atoms with Gasteiger partial charge in [0.2, 0.25) is 11.8 Å². The molecule has 2 amide bonds. The first kappa shape index (κ1) is 21.3.